The van der Waals surface area contributed by atoms with E-state index in [1.165, 1.54) is 19.3 Å². The number of halogens is 3. The molecule has 7 heteroatoms. The predicted octanol–water partition coefficient (Wildman–Crippen LogP) is 2.15. The normalized spacial score (nSPS) is 11.2. The van der Waals surface area contributed by atoms with Crippen LogP contribution in [0.3, 0.4) is 0 Å². The van der Waals surface area contributed by atoms with Gasteiger partial charge >= 0.3 is 6.18 Å². The van der Waals surface area contributed by atoms with E-state index in [4.69, 9.17) is 0 Å². The standard InChI is InChI=1S/C11H14F3N3O/c1-15-9-8(4-3-6-16-9)10(18)17(2)7-5-11(12,13)14/h3-4,6H,5,7H2,1-2H3,(H,15,16). The molecule has 0 bridgehead atoms. The second-order valence-electron chi connectivity index (χ2n) is 3.74. The van der Waals surface area contributed by atoms with Crippen LogP contribution in [0.5, 0.6) is 0 Å². The van der Waals surface area contributed by atoms with Gasteiger partial charge in [0, 0.05) is 26.8 Å². The highest BCUT2D eigenvalue weighted by Crippen LogP contribution is 2.20. The Bertz CT molecular complexity index is 420. The van der Waals surface area contributed by atoms with Crippen molar-refractivity contribution < 1.29 is 18.0 Å². The van der Waals surface area contributed by atoms with Gasteiger partial charge in [-0.05, 0) is 12.1 Å². The molecule has 0 aliphatic rings. The van der Waals surface area contributed by atoms with Gasteiger partial charge < -0.3 is 10.2 Å². The molecule has 0 spiro atoms. The van der Waals surface area contributed by atoms with Crippen molar-refractivity contribution in [2.75, 3.05) is 26.0 Å². The topological polar surface area (TPSA) is 45.2 Å². The molecule has 0 atom stereocenters. The van der Waals surface area contributed by atoms with E-state index in [2.05, 4.69) is 10.3 Å². The Morgan fingerprint density at radius 3 is 2.72 bits per heavy atom. The largest absolute Gasteiger partial charge is 0.390 e. The van der Waals surface area contributed by atoms with Gasteiger partial charge in [-0.2, -0.15) is 13.2 Å². The van der Waals surface area contributed by atoms with Crippen LogP contribution in [0.4, 0.5) is 19.0 Å². The van der Waals surface area contributed by atoms with E-state index in [0.717, 1.165) is 4.90 Å². The lowest BCUT2D eigenvalue weighted by Crippen LogP contribution is -2.31. The molecule has 0 aliphatic carbocycles. The van der Waals surface area contributed by atoms with Gasteiger partial charge in [0.15, 0.2) is 0 Å². The average Bonchev–Trinajstić information content (AvgIpc) is 2.34. The molecule has 0 saturated heterocycles. The number of carbonyl (C=O) groups excluding carboxylic acids is 1. The first-order valence-corrected chi connectivity index (χ1v) is 5.30. The second-order valence-corrected chi connectivity index (χ2v) is 3.74. The molecule has 0 unspecified atom stereocenters. The lowest BCUT2D eigenvalue weighted by molar-refractivity contribution is -0.136. The number of hydrogen-bond donors (Lipinski definition) is 1. The molecular formula is C11H14F3N3O. The number of aromatic nitrogens is 1. The van der Waals surface area contributed by atoms with E-state index in [9.17, 15) is 18.0 Å². The molecule has 100 valence electrons. The summed E-state index contributed by atoms with van der Waals surface area (Å²) in [6.07, 6.45) is -3.79. The zero-order valence-corrected chi connectivity index (χ0v) is 10.1. The first kappa shape index (κ1) is 14.3. The second kappa shape index (κ2) is 5.70. The van der Waals surface area contributed by atoms with Crippen LogP contribution >= 0.6 is 0 Å². The van der Waals surface area contributed by atoms with Gasteiger partial charge in [-0.1, -0.05) is 0 Å². The molecule has 4 nitrogen and oxygen atoms in total. The molecule has 0 aliphatic heterocycles. The van der Waals surface area contributed by atoms with Gasteiger partial charge in [-0.25, -0.2) is 4.98 Å². The van der Waals surface area contributed by atoms with E-state index < -0.39 is 18.5 Å². The summed E-state index contributed by atoms with van der Waals surface area (Å²) < 4.78 is 36.2. The Hall–Kier alpha value is -1.79. The van der Waals surface area contributed by atoms with Crippen LogP contribution in [0.25, 0.3) is 0 Å². The number of pyridine rings is 1. The maximum atomic E-state index is 12.1. The smallest absolute Gasteiger partial charge is 0.372 e. The van der Waals surface area contributed by atoms with E-state index in [-0.39, 0.29) is 12.1 Å². The van der Waals surface area contributed by atoms with Gasteiger partial charge in [0.25, 0.3) is 5.91 Å². The lowest BCUT2D eigenvalue weighted by atomic mass is 10.2. The van der Waals surface area contributed by atoms with Crippen molar-refractivity contribution in [1.29, 1.82) is 0 Å². The van der Waals surface area contributed by atoms with Crippen LogP contribution in [-0.4, -0.2) is 42.6 Å². The Labute approximate surface area is 103 Å². The third kappa shape index (κ3) is 3.90. The van der Waals surface area contributed by atoms with Gasteiger partial charge in [-0.3, -0.25) is 4.79 Å². The Morgan fingerprint density at radius 2 is 2.17 bits per heavy atom. The third-order valence-electron chi connectivity index (χ3n) is 2.35. The van der Waals surface area contributed by atoms with Crippen LogP contribution in [0.15, 0.2) is 18.3 Å². The summed E-state index contributed by atoms with van der Waals surface area (Å²) in [6, 6.07) is 3.08. The van der Waals surface area contributed by atoms with Crippen molar-refractivity contribution in [3.8, 4) is 0 Å². The van der Waals surface area contributed by atoms with Crippen LogP contribution in [-0.2, 0) is 0 Å². The molecule has 1 heterocycles. The minimum Gasteiger partial charge on any atom is -0.372 e. The predicted molar refractivity (Wildman–Crippen MR) is 61.4 cm³/mol. The third-order valence-corrected chi connectivity index (χ3v) is 2.35. The van der Waals surface area contributed by atoms with Gasteiger partial charge in [0.2, 0.25) is 0 Å². The SMILES string of the molecule is CNc1ncccc1C(=O)N(C)CCC(F)(F)F. The zero-order chi connectivity index (χ0) is 13.8. The fourth-order valence-corrected chi connectivity index (χ4v) is 1.38. The summed E-state index contributed by atoms with van der Waals surface area (Å²) in [6.45, 7) is -0.375. The van der Waals surface area contributed by atoms with Crippen molar-refractivity contribution in [3.05, 3.63) is 23.9 Å². The summed E-state index contributed by atoms with van der Waals surface area (Å²) in [5, 5.41) is 2.72. The fraction of sp³-hybridized carbons (Fsp3) is 0.455. The number of hydrogen-bond acceptors (Lipinski definition) is 3. The molecule has 0 aromatic carbocycles. The molecule has 0 saturated carbocycles. The highest BCUT2D eigenvalue weighted by molar-refractivity contribution is 5.98. The van der Waals surface area contributed by atoms with Gasteiger partial charge in [-0.15, -0.1) is 0 Å². The van der Waals surface area contributed by atoms with Crippen molar-refractivity contribution >= 4 is 11.7 Å². The summed E-state index contributed by atoms with van der Waals surface area (Å²) in [5.41, 5.74) is 0.254. The summed E-state index contributed by atoms with van der Waals surface area (Å²) in [7, 11) is 2.93. The average molecular weight is 261 g/mol. The summed E-state index contributed by atoms with van der Waals surface area (Å²) in [4.78, 5) is 16.9. The van der Waals surface area contributed by atoms with Gasteiger partial charge in [0.05, 0.1) is 12.0 Å². The maximum Gasteiger partial charge on any atom is 0.390 e. The van der Waals surface area contributed by atoms with Crippen LogP contribution in [0, 0.1) is 0 Å². The van der Waals surface area contributed by atoms with Crippen molar-refractivity contribution in [2.24, 2.45) is 0 Å². The van der Waals surface area contributed by atoms with E-state index in [0.29, 0.717) is 5.82 Å². The summed E-state index contributed by atoms with van der Waals surface area (Å²) >= 11 is 0. The first-order chi connectivity index (χ1) is 8.35. The highest BCUT2D eigenvalue weighted by atomic mass is 19.4. The van der Waals surface area contributed by atoms with Crippen LogP contribution in [0.2, 0.25) is 0 Å². The number of carbonyl (C=O) groups is 1. The number of rotatable bonds is 4. The first-order valence-electron chi connectivity index (χ1n) is 5.30. The zero-order valence-electron chi connectivity index (χ0n) is 10.1. The van der Waals surface area contributed by atoms with Gasteiger partial charge in [0.1, 0.15) is 5.82 Å². The Morgan fingerprint density at radius 1 is 1.50 bits per heavy atom. The molecule has 1 aromatic rings. The highest BCUT2D eigenvalue weighted by Gasteiger charge is 2.28. The van der Waals surface area contributed by atoms with E-state index in [1.54, 1.807) is 13.1 Å². The lowest BCUT2D eigenvalue weighted by Gasteiger charge is -2.19. The van der Waals surface area contributed by atoms with E-state index in [1.807, 2.05) is 0 Å². The molecule has 1 rings (SSSR count). The number of nitrogens with zero attached hydrogens (tertiary/aromatic N) is 2. The van der Waals surface area contributed by atoms with Crippen LogP contribution in [0.1, 0.15) is 16.8 Å². The molecular weight excluding hydrogens is 247 g/mol. The molecule has 1 aromatic heterocycles. The number of alkyl halides is 3. The quantitative estimate of drug-likeness (QED) is 0.903. The maximum absolute atomic E-state index is 12.1. The molecule has 0 fully saturated rings. The number of amides is 1. The fourth-order valence-electron chi connectivity index (χ4n) is 1.38. The molecule has 18 heavy (non-hydrogen) atoms. The van der Waals surface area contributed by atoms with Crippen molar-refractivity contribution in [2.45, 2.75) is 12.6 Å². The Kier molecular flexibility index (Phi) is 4.52. The van der Waals surface area contributed by atoms with Crippen LogP contribution < -0.4 is 5.32 Å². The van der Waals surface area contributed by atoms with E-state index >= 15 is 0 Å². The minimum atomic E-state index is -4.27. The molecule has 0 radical (unpaired) electrons. The summed E-state index contributed by atoms with van der Waals surface area (Å²) in [5.74, 6) is -0.141. The number of nitrogens with one attached hydrogen (secondary N) is 1. The Balaban J connectivity index is 2.74. The number of anilines is 1. The minimum absolute atomic E-state index is 0.254. The van der Waals surface area contributed by atoms with Crippen molar-refractivity contribution in [1.82, 2.24) is 9.88 Å². The monoisotopic (exact) mass is 261 g/mol. The molecule has 1 amide bonds. The molecule has 1 N–H and O–H groups in total. The van der Waals surface area contributed by atoms with Crippen molar-refractivity contribution in [3.63, 3.8) is 0 Å².